The Hall–Kier alpha value is -2.64. The van der Waals surface area contributed by atoms with Crippen LogP contribution in [0.25, 0.3) is 0 Å². The number of hydrogen-bond acceptors (Lipinski definition) is 4. The number of amides is 1. The Labute approximate surface area is 124 Å². The standard InChI is InChI=1S/C14H12F3N3O2/c15-14(16,17)9-22-12-5-4-10(7-19-12)13(21)20-8-11-3-1-2-6-18-11/h1-7H,8-9H2,(H,20,21). The molecule has 1 N–H and O–H groups in total. The van der Waals surface area contributed by atoms with Crippen LogP contribution in [0.4, 0.5) is 13.2 Å². The van der Waals surface area contributed by atoms with E-state index in [1.165, 1.54) is 12.1 Å². The van der Waals surface area contributed by atoms with Gasteiger partial charge in [0.15, 0.2) is 6.61 Å². The Balaban J connectivity index is 1.88. The van der Waals surface area contributed by atoms with Crippen LogP contribution in [0.5, 0.6) is 5.88 Å². The number of ether oxygens (including phenoxy) is 1. The lowest BCUT2D eigenvalue weighted by atomic mass is 10.2. The molecule has 8 heteroatoms. The molecule has 0 saturated heterocycles. The first-order chi connectivity index (χ1) is 10.4. The lowest BCUT2D eigenvalue weighted by Crippen LogP contribution is -2.23. The molecule has 2 heterocycles. The second-order valence-electron chi connectivity index (χ2n) is 4.29. The van der Waals surface area contributed by atoms with Crippen molar-refractivity contribution < 1.29 is 22.7 Å². The average molecular weight is 311 g/mol. The second-order valence-corrected chi connectivity index (χ2v) is 4.29. The summed E-state index contributed by atoms with van der Waals surface area (Å²) in [5.41, 5.74) is 0.907. The van der Waals surface area contributed by atoms with E-state index >= 15 is 0 Å². The predicted molar refractivity (Wildman–Crippen MR) is 71.2 cm³/mol. The van der Waals surface area contributed by atoms with Crippen molar-refractivity contribution >= 4 is 5.91 Å². The number of aromatic nitrogens is 2. The van der Waals surface area contributed by atoms with Gasteiger partial charge in [-0.2, -0.15) is 13.2 Å². The molecule has 116 valence electrons. The van der Waals surface area contributed by atoms with Gasteiger partial charge in [-0.3, -0.25) is 9.78 Å². The van der Waals surface area contributed by atoms with Crippen LogP contribution in [0.15, 0.2) is 42.7 Å². The van der Waals surface area contributed by atoms with Crippen molar-refractivity contribution in [1.82, 2.24) is 15.3 Å². The van der Waals surface area contributed by atoms with Crippen molar-refractivity contribution in [3.63, 3.8) is 0 Å². The maximum atomic E-state index is 12.0. The number of hydrogen-bond donors (Lipinski definition) is 1. The van der Waals surface area contributed by atoms with E-state index in [9.17, 15) is 18.0 Å². The molecule has 0 aliphatic rings. The molecule has 0 fully saturated rings. The number of alkyl halides is 3. The summed E-state index contributed by atoms with van der Waals surface area (Å²) in [6.45, 7) is -1.18. The molecule has 0 aromatic carbocycles. The van der Waals surface area contributed by atoms with Crippen LogP contribution in [-0.4, -0.2) is 28.7 Å². The SMILES string of the molecule is O=C(NCc1ccccn1)c1ccc(OCC(F)(F)F)nc1. The van der Waals surface area contributed by atoms with Gasteiger partial charge < -0.3 is 10.1 Å². The fraction of sp³-hybridized carbons (Fsp3) is 0.214. The predicted octanol–water partition coefficient (Wildman–Crippen LogP) is 2.35. The fourth-order valence-corrected chi connectivity index (χ4v) is 1.53. The van der Waals surface area contributed by atoms with E-state index in [0.29, 0.717) is 5.69 Å². The summed E-state index contributed by atoms with van der Waals surface area (Å²) in [5.74, 6) is -0.598. The Morgan fingerprint density at radius 1 is 1.18 bits per heavy atom. The molecule has 0 aliphatic heterocycles. The highest BCUT2D eigenvalue weighted by atomic mass is 19.4. The zero-order valence-electron chi connectivity index (χ0n) is 11.3. The number of carbonyl (C=O) groups is 1. The molecule has 0 spiro atoms. The topological polar surface area (TPSA) is 64.1 Å². The number of nitrogens with zero attached hydrogens (tertiary/aromatic N) is 2. The maximum Gasteiger partial charge on any atom is 0.422 e. The smallest absolute Gasteiger partial charge is 0.422 e. The van der Waals surface area contributed by atoms with Crippen LogP contribution >= 0.6 is 0 Å². The van der Waals surface area contributed by atoms with Gasteiger partial charge in [0.1, 0.15) is 0 Å². The summed E-state index contributed by atoms with van der Waals surface area (Å²) in [6, 6.07) is 7.86. The highest BCUT2D eigenvalue weighted by Crippen LogP contribution is 2.17. The molecular weight excluding hydrogens is 299 g/mol. The maximum absolute atomic E-state index is 12.0. The summed E-state index contributed by atoms with van der Waals surface area (Å²) in [4.78, 5) is 19.6. The molecule has 22 heavy (non-hydrogen) atoms. The summed E-state index contributed by atoms with van der Waals surface area (Å²) in [7, 11) is 0. The molecule has 2 aromatic heterocycles. The summed E-state index contributed by atoms with van der Waals surface area (Å²) < 4.78 is 40.4. The molecule has 2 aromatic rings. The van der Waals surface area contributed by atoms with E-state index in [4.69, 9.17) is 0 Å². The first-order valence-electron chi connectivity index (χ1n) is 6.28. The quantitative estimate of drug-likeness (QED) is 0.920. The number of pyridine rings is 2. The van der Waals surface area contributed by atoms with Crippen molar-refractivity contribution in [2.24, 2.45) is 0 Å². The number of halogens is 3. The van der Waals surface area contributed by atoms with E-state index in [1.807, 2.05) is 0 Å². The first kappa shape index (κ1) is 15.7. The molecule has 5 nitrogen and oxygen atoms in total. The minimum absolute atomic E-state index is 0.196. The number of rotatable bonds is 5. The van der Waals surface area contributed by atoms with Crippen LogP contribution < -0.4 is 10.1 Å². The van der Waals surface area contributed by atoms with Crippen LogP contribution in [0.3, 0.4) is 0 Å². The molecule has 0 radical (unpaired) electrons. The van der Waals surface area contributed by atoms with Crippen molar-refractivity contribution in [3.8, 4) is 5.88 Å². The van der Waals surface area contributed by atoms with Crippen molar-refractivity contribution in [2.45, 2.75) is 12.7 Å². The van der Waals surface area contributed by atoms with Gasteiger partial charge in [0.25, 0.3) is 5.91 Å². The molecule has 0 bridgehead atoms. The molecular formula is C14H12F3N3O2. The first-order valence-corrected chi connectivity index (χ1v) is 6.28. The molecule has 0 aliphatic carbocycles. The Bertz CT molecular complexity index is 615. The van der Waals surface area contributed by atoms with E-state index < -0.39 is 18.7 Å². The van der Waals surface area contributed by atoms with E-state index in [1.54, 1.807) is 24.4 Å². The molecule has 1 amide bonds. The van der Waals surface area contributed by atoms with E-state index in [-0.39, 0.29) is 18.0 Å². The van der Waals surface area contributed by atoms with Gasteiger partial charge >= 0.3 is 6.18 Å². The van der Waals surface area contributed by atoms with Gasteiger partial charge in [0, 0.05) is 18.5 Å². The van der Waals surface area contributed by atoms with E-state index in [2.05, 4.69) is 20.0 Å². The molecule has 0 atom stereocenters. The third-order valence-corrected chi connectivity index (χ3v) is 2.54. The average Bonchev–Trinajstić information content (AvgIpc) is 2.51. The highest BCUT2D eigenvalue weighted by Gasteiger charge is 2.28. The Kier molecular flexibility index (Phi) is 4.92. The fourth-order valence-electron chi connectivity index (χ4n) is 1.53. The lowest BCUT2D eigenvalue weighted by Gasteiger charge is -2.08. The highest BCUT2D eigenvalue weighted by molar-refractivity contribution is 5.93. The van der Waals surface area contributed by atoms with Crippen molar-refractivity contribution in [2.75, 3.05) is 6.61 Å². The zero-order chi connectivity index (χ0) is 16.0. The van der Waals surface area contributed by atoms with Gasteiger partial charge in [-0.1, -0.05) is 6.07 Å². The largest absolute Gasteiger partial charge is 0.468 e. The van der Waals surface area contributed by atoms with Crippen molar-refractivity contribution in [3.05, 3.63) is 54.0 Å². The minimum Gasteiger partial charge on any atom is -0.468 e. The Morgan fingerprint density at radius 3 is 2.59 bits per heavy atom. The van der Waals surface area contributed by atoms with Gasteiger partial charge in [-0.25, -0.2) is 4.98 Å². The third kappa shape index (κ3) is 5.04. The molecule has 0 saturated carbocycles. The van der Waals surface area contributed by atoms with Crippen LogP contribution in [0, 0.1) is 0 Å². The van der Waals surface area contributed by atoms with Gasteiger partial charge in [-0.15, -0.1) is 0 Å². The summed E-state index contributed by atoms with van der Waals surface area (Å²) in [5, 5.41) is 2.63. The molecule has 0 unspecified atom stereocenters. The monoisotopic (exact) mass is 311 g/mol. The van der Waals surface area contributed by atoms with Crippen LogP contribution in [-0.2, 0) is 6.54 Å². The number of carbonyl (C=O) groups excluding carboxylic acids is 1. The molecule has 2 rings (SSSR count). The minimum atomic E-state index is -4.43. The van der Waals surface area contributed by atoms with Gasteiger partial charge in [0.05, 0.1) is 17.8 Å². The number of nitrogens with one attached hydrogen (secondary N) is 1. The lowest BCUT2D eigenvalue weighted by molar-refractivity contribution is -0.154. The van der Waals surface area contributed by atoms with Crippen LogP contribution in [0.2, 0.25) is 0 Å². The van der Waals surface area contributed by atoms with Gasteiger partial charge in [0.2, 0.25) is 5.88 Å². The summed E-state index contributed by atoms with van der Waals surface area (Å²) in [6.07, 6.45) is -1.67. The summed E-state index contributed by atoms with van der Waals surface area (Å²) >= 11 is 0. The van der Waals surface area contributed by atoms with Crippen molar-refractivity contribution in [1.29, 1.82) is 0 Å². The second kappa shape index (κ2) is 6.88. The zero-order valence-corrected chi connectivity index (χ0v) is 11.3. The van der Waals surface area contributed by atoms with Crippen LogP contribution in [0.1, 0.15) is 16.1 Å². The van der Waals surface area contributed by atoms with E-state index in [0.717, 1.165) is 6.20 Å². The van der Waals surface area contributed by atoms with Gasteiger partial charge in [-0.05, 0) is 18.2 Å². The Morgan fingerprint density at radius 2 is 2.00 bits per heavy atom. The third-order valence-electron chi connectivity index (χ3n) is 2.54. The normalized spacial score (nSPS) is 11.0.